The lowest BCUT2D eigenvalue weighted by Crippen LogP contribution is -2.00. The van der Waals surface area contributed by atoms with Crippen LogP contribution in [0.15, 0.2) is 58.3 Å². The molecule has 0 atom stereocenters. The molecule has 2 rings (SSSR count). The van der Waals surface area contributed by atoms with Crippen molar-refractivity contribution in [3.63, 3.8) is 0 Å². The average Bonchev–Trinajstić information content (AvgIpc) is 2.74. The van der Waals surface area contributed by atoms with Gasteiger partial charge < -0.3 is 9.62 Å². The Hall–Kier alpha value is -2.03. The lowest BCUT2D eigenvalue weighted by atomic mass is 10.1. The summed E-state index contributed by atoms with van der Waals surface area (Å²) in [6.45, 7) is 0. The van der Waals surface area contributed by atoms with Crippen LogP contribution in [0.4, 0.5) is 0 Å². The van der Waals surface area contributed by atoms with Crippen molar-refractivity contribution in [3.8, 4) is 0 Å². The summed E-state index contributed by atoms with van der Waals surface area (Å²) in [4.78, 5) is 0. The van der Waals surface area contributed by atoms with E-state index >= 15 is 0 Å². The summed E-state index contributed by atoms with van der Waals surface area (Å²) in [5, 5.41) is 12.1. The first-order valence-electron chi connectivity index (χ1n) is 4.23. The van der Waals surface area contributed by atoms with E-state index in [0.29, 0.717) is 11.5 Å². The van der Waals surface area contributed by atoms with Gasteiger partial charge in [0.1, 0.15) is 0 Å². The predicted molar refractivity (Wildman–Crippen MR) is 52.6 cm³/mol. The average molecular weight is 187 g/mol. The Morgan fingerprint density at radius 1 is 1.07 bits per heavy atom. The molecule has 0 aliphatic heterocycles. The quantitative estimate of drug-likeness (QED) is 0.446. The maximum absolute atomic E-state index is 8.88. The third-order valence-electron chi connectivity index (χ3n) is 1.90. The van der Waals surface area contributed by atoms with E-state index in [1.54, 1.807) is 18.4 Å². The molecule has 0 fully saturated rings. The molecule has 0 spiro atoms. The van der Waals surface area contributed by atoms with E-state index in [4.69, 9.17) is 9.62 Å². The minimum absolute atomic E-state index is 0.440. The van der Waals surface area contributed by atoms with Crippen molar-refractivity contribution in [2.24, 2.45) is 5.16 Å². The van der Waals surface area contributed by atoms with Gasteiger partial charge in [0.2, 0.25) is 0 Å². The summed E-state index contributed by atoms with van der Waals surface area (Å²) in [6, 6.07) is 12.9. The monoisotopic (exact) mass is 187 g/mol. The van der Waals surface area contributed by atoms with Gasteiger partial charge in [-0.15, -0.1) is 0 Å². The molecule has 70 valence electrons. The van der Waals surface area contributed by atoms with E-state index in [1.165, 1.54) is 0 Å². The third-order valence-corrected chi connectivity index (χ3v) is 1.90. The van der Waals surface area contributed by atoms with Crippen LogP contribution >= 0.6 is 0 Å². The van der Waals surface area contributed by atoms with Crippen molar-refractivity contribution < 1.29 is 9.62 Å². The Labute approximate surface area is 81.3 Å². The number of oxime groups is 1. The highest BCUT2D eigenvalue weighted by Gasteiger charge is 2.08. The number of nitrogens with zero attached hydrogens (tertiary/aromatic N) is 1. The number of hydrogen-bond donors (Lipinski definition) is 1. The zero-order chi connectivity index (χ0) is 9.80. The molecule has 0 saturated heterocycles. The van der Waals surface area contributed by atoms with E-state index < -0.39 is 0 Å². The Balaban J connectivity index is 2.43. The maximum atomic E-state index is 8.88. The lowest BCUT2D eigenvalue weighted by Gasteiger charge is -1.99. The largest absolute Gasteiger partial charge is 0.463 e. The van der Waals surface area contributed by atoms with Crippen LogP contribution in [-0.2, 0) is 0 Å². The molecule has 0 aliphatic rings. The molecule has 2 aromatic rings. The van der Waals surface area contributed by atoms with Crippen molar-refractivity contribution >= 4 is 5.71 Å². The Kier molecular flexibility index (Phi) is 2.32. The van der Waals surface area contributed by atoms with Gasteiger partial charge in [0.15, 0.2) is 11.5 Å². The number of rotatable bonds is 2. The van der Waals surface area contributed by atoms with E-state index in [2.05, 4.69) is 5.16 Å². The van der Waals surface area contributed by atoms with E-state index in [-0.39, 0.29) is 0 Å². The van der Waals surface area contributed by atoms with Gasteiger partial charge in [-0.1, -0.05) is 35.5 Å². The fourth-order valence-electron chi connectivity index (χ4n) is 1.26. The molecule has 0 amide bonds. The number of hydrogen-bond acceptors (Lipinski definition) is 3. The van der Waals surface area contributed by atoms with Gasteiger partial charge in [-0.3, -0.25) is 0 Å². The van der Waals surface area contributed by atoms with Crippen LogP contribution in [0.25, 0.3) is 0 Å². The molecule has 1 heterocycles. The van der Waals surface area contributed by atoms with Gasteiger partial charge in [-0.25, -0.2) is 0 Å². The first kappa shape index (κ1) is 8.56. The smallest absolute Gasteiger partial charge is 0.156 e. The molecular formula is C11H9NO2. The minimum atomic E-state index is 0.440. The van der Waals surface area contributed by atoms with Crippen LogP contribution < -0.4 is 0 Å². The molecule has 0 aliphatic carbocycles. The Morgan fingerprint density at radius 2 is 1.86 bits per heavy atom. The first-order chi connectivity index (χ1) is 6.92. The van der Waals surface area contributed by atoms with Crippen LogP contribution in [0, 0.1) is 0 Å². The van der Waals surface area contributed by atoms with Crippen LogP contribution in [0.2, 0.25) is 0 Å². The molecule has 0 unspecified atom stereocenters. The van der Waals surface area contributed by atoms with E-state index in [1.807, 2.05) is 30.3 Å². The summed E-state index contributed by atoms with van der Waals surface area (Å²) >= 11 is 0. The summed E-state index contributed by atoms with van der Waals surface area (Å²) < 4.78 is 5.15. The van der Waals surface area contributed by atoms with Gasteiger partial charge in [-0.2, -0.15) is 0 Å². The molecule has 14 heavy (non-hydrogen) atoms. The first-order valence-corrected chi connectivity index (χ1v) is 4.23. The molecule has 1 aromatic heterocycles. The van der Waals surface area contributed by atoms with Crippen LogP contribution in [0.1, 0.15) is 11.3 Å². The maximum Gasteiger partial charge on any atom is 0.156 e. The highest BCUT2D eigenvalue weighted by Crippen LogP contribution is 2.10. The van der Waals surface area contributed by atoms with Crippen molar-refractivity contribution in [2.75, 3.05) is 0 Å². The third kappa shape index (κ3) is 1.52. The summed E-state index contributed by atoms with van der Waals surface area (Å²) in [7, 11) is 0. The predicted octanol–water partition coefficient (Wildman–Crippen LogP) is 2.51. The second-order valence-electron chi connectivity index (χ2n) is 2.79. The lowest BCUT2D eigenvalue weighted by molar-refractivity contribution is 0.318. The molecule has 0 bridgehead atoms. The van der Waals surface area contributed by atoms with Crippen molar-refractivity contribution in [1.29, 1.82) is 0 Å². The summed E-state index contributed by atoms with van der Waals surface area (Å²) in [6.07, 6.45) is 1.55. The van der Waals surface area contributed by atoms with Crippen LogP contribution in [0.3, 0.4) is 0 Å². The highest BCUT2D eigenvalue weighted by molar-refractivity contribution is 6.10. The summed E-state index contributed by atoms with van der Waals surface area (Å²) in [5.41, 5.74) is 1.26. The van der Waals surface area contributed by atoms with E-state index in [9.17, 15) is 0 Å². The second kappa shape index (κ2) is 3.79. The van der Waals surface area contributed by atoms with Crippen LogP contribution in [0.5, 0.6) is 0 Å². The number of furan rings is 1. The van der Waals surface area contributed by atoms with Gasteiger partial charge in [-0.05, 0) is 12.1 Å². The molecule has 0 saturated carbocycles. The van der Waals surface area contributed by atoms with Crippen LogP contribution in [-0.4, -0.2) is 10.9 Å². The van der Waals surface area contributed by atoms with Crippen molar-refractivity contribution in [3.05, 3.63) is 60.1 Å². The van der Waals surface area contributed by atoms with Crippen molar-refractivity contribution in [1.82, 2.24) is 0 Å². The molecule has 1 N–H and O–H groups in total. The SMILES string of the molecule is O/N=C(\c1ccccc1)c1ccco1. The standard InChI is InChI=1S/C11H9NO2/c13-12-11(10-7-4-8-14-10)9-5-2-1-3-6-9/h1-8,13H/b12-11+. The normalized spacial score (nSPS) is 11.6. The fraction of sp³-hybridized carbons (Fsp3) is 0. The zero-order valence-electron chi connectivity index (χ0n) is 7.42. The molecular weight excluding hydrogens is 178 g/mol. The second-order valence-corrected chi connectivity index (χ2v) is 2.79. The molecule has 0 radical (unpaired) electrons. The van der Waals surface area contributed by atoms with Gasteiger partial charge >= 0.3 is 0 Å². The van der Waals surface area contributed by atoms with Gasteiger partial charge in [0, 0.05) is 5.56 Å². The number of benzene rings is 1. The molecule has 1 aromatic carbocycles. The zero-order valence-corrected chi connectivity index (χ0v) is 7.42. The van der Waals surface area contributed by atoms with Gasteiger partial charge in [0.05, 0.1) is 6.26 Å². The highest BCUT2D eigenvalue weighted by atomic mass is 16.4. The molecule has 3 nitrogen and oxygen atoms in total. The topological polar surface area (TPSA) is 45.7 Å². The van der Waals surface area contributed by atoms with Gasteiger partial charge in [0.25, 0.3) is 0 Å². The summed E-state index contributed by atoms with van der Waals surface area (Å²) in [5.74, 6) is 0.554. The fourth-order valence-corrected chi connectivity index (χ4v) is 1.26. The van der Waals surface area contributed by atoms with Crippen molar-refractivity contribution in [2.45, 2.75) is 0 Å². The Morgan fingerprint density at radius 3 is 2.43 bits per heavy atom. The molecule has 3 heteroatoms. The Bertz CT molecular complexity index is 418. The van der Waals surface area contributed by atoms with E-state index in [0.717, 1.165) is 5.56 Å². The minimum Gasteiger partial charge on any atom is -0.463 e.